The van der Waals surface area contributed by atoms with Crippen molar-refractivity contribution in [1.82, 2.24) is 10.2 Å². The SMILES string of the molecule is CCC1(C)NC(=O)C(C)(C)N(C2CCOC2)C1=O. The van der Waals surface area contributed by atoms with Crippen molar-refractivity contribution in [1.29, 1.82) is 0 Å². The van der Waals surface area contributed by atoms with Crippen molar-refractivity contribution in [3.05, 3.63) is 0 Å². The molecule has 0 radical (unpaired) electrons. The van der Waals surface area contributed by atoms with Gasteiger partial charge in [0.05, 0.1) is 12.6 Å². The van der Waals surface area contributed by atoms with Crippen LogP contribution in [-0.2, 0) is 14.3 Å². The van der Waals surface area contributed by atoms with E-state index in [1.54, 1.807) is 25.7 Å². The number of rotatable bonds is 2. The maximum absolute atomic E-state index is 12.7. The summed E-state index contributed by atoms with van der Waals surface area (Å²) < 4.78 is 5.36. The third-order valence-corrected chi connectivity index (χ3v) is 4.22. The molecular formula is C13H22N2O3. The standard InChI is InChI=1S/C13H22N2O3/c1-5-13(4)11(17)15(9-6-7-18-8-9)12(2,3)10(16)14-13/h9H,5-8H2,1-4H3,(H,14,16). The Morgan fingerprint density at radius 2 is 2.06 bits per heavy atom. The van der Waals surface area contributed by atoms with Gasteiger partial charge >= 0.3 is 0 Å². The van der Waals surface area contributed by atoms with Gasteiger partial charge in [0.2, 0.25) is 11.8 Å². The highest BCUT2D eigenvalue weighted by Crippen LogP contribution is 2.32. The second-order valence-corrected chi connectivity index (χ2v) is 5.89. The molecule has 2 heterocycles. The lowest BCUT2D eigenvalue weighted by molar-refractivity contribution is -0.164. The number of carbonyl (C=O) groups is 2. The largest absolute Gasteiger partial charge is 0.379 e. The Hall–Kier alpha value is -1.10. The van der Waals surface area contributed by atoms with Crippen LogP contribution in [0.3, 0.4) is 0 Å². The van der Waals surface area contributed by atoms with Crippen LogP contribution in [0.4, 0.5) is 0 Å². The van der Waals surface area contributed by atoms with Crippen molar-refractivity contribution in [3.8, 4) is 0 Å². The molecule has 5 nitrogen and oxygen atoms in total. The Balaban J connectivity index is 2.37. The molecule has 2 fully saturated rings. The molecule has 2 aliphatic heterocycles. The number of amides is 2. The summed E-state index contributed by atoms with van der Waals surface area (Å²) in [5.41, 5.74) is -1.58. The molecule has 2 amide bonds. The van der Waals surface area contributed by atoms with Gasteiger partial charge in [-0.15, -0.1) is 0 Å². The molecule has 0 aromatic heterocycles. The summed E-state index contributed by atoms with van der Waals surface area (Å²) in [6.07, 6.45) is 1.40. The lowest BCUT2D eigenvalue weighted by Crippen LogP contribution is -2.74. The fourth-order valence-corrected chi connectivity index (χ4v) is 2.67. The number of carbonyl (C=O) groups excluding carboxylic acids is 2. The summed E-state index contributed by atoms with van der Waals surface area (Å²) in [5.74, 6) is -0.0801. The first kappa shape index (κ1) is 13.3. The van der Waals surface area contributed by atoms with Crippen LogP contribution in [0.25, 0.3) is 0 Å². The van der Waals surface area contributed by atoms with Crippen LogP contribution in [0.1, 0.15) is 40.5 Å². The number of piperazine rings is 1. The van der Waals surface area contributed by atoms with Crippen LogP contribution in [-0.4, -0.2) is 47.0 Å². The number of nitrogens with one attached hydrogen (secondary N) is 1. The fourth-order valence-electron chi connectivity index (χ4n) is 2.67. The highest BCUT2D eigenvalue weighted by atomic mass is 16.5. The molecule has 0 aromatic carbocycles. The highest BCUT2D eigenvalue weighted by molar-refractivity contribution is 6.01. The highest BCUT2D eigenvalue weighted by Gasteiger charge is 2.53. The van der Waals surface area contributed by atoms with E-state index in [-0.39, 0.29) is 17.9 Å². The second-order valence-electron chi connectivity index (χ2n) is 5.89. The summed E-state index contributed by atoms with van der Waals surface area (Å²) in [7, 11) is 0. The smallest absolute Gasteiger partial charge is 0.249 e. The van der Waals surface area contributed by atoms with Crippen molar-refractivity contribution in [2.24, 2.45) is 0 Å². The zero-order valence-corrected chi connectivity index (χ0v) is 11.6. The van der Waals surface area contributed by atoms with Gasteiger partial charge in [0.15, 0.2) is 0 Å². The quantitative estimate of drug-likeness (QED) is 0.788. The number of ether oxygens (including phenoxy) is 1. The van der Waals surface area contributed by atoms with E-state index < -0.39 is 11.1 Å². The van der Waals surface area contributed by atoms with Crippen molar-refractivity contribution in [3.63, 3.8) is 0 Å². The molecule has 0 bridgehead atoms. The summed E-state index contributed by atoms with van der Waals surface area (Å²) in [6, 6.07) is 0.0180. The van der Waals surface area contributed by atoms with Gasteiger partial charge in [0.1, 0.15) is 11.1 Å². The zero-order valence-electron chi connectivity index (χ0n) is 11.6. The van der Waals surface area contributed by atoms with E-state index in [9.17, 15) is 9.59 Å². The lowest BCUT2D eigenvalue weighted by atomic mass is 9.85. The van der Waals surface area contributed by atoms with Crippen molar-refractivity contribution in [2.45, 2.75) is 57.7 Å². The molecule has 1 N–H and O–H groups in total. The second kappa shape index (κ2) is 4.23. The van der Waals surface area contributed by atoms with E-state index in [0.29, 0.717) is 19.6 Å². The molecular weight excluding hydrogens is 232 g/mol. The van der Waals surface area contributed by atoms with Crippen LogP contribution < -0.4 is 5.32 Å². The van der Waals surface area contributed by atoms with E-state index >= 15 is 0 Å². The summed E-state index contributed by atoms with van der Waals surface area (Å²) in [5, 5.41) is 2.86. The number of hydrogen-bond donors (Lipinski definition) is 1. The molecule has 0 aliphatic carbocycles. The first-order valence-corrected chi connectivity index (χ1v) is 6.57. The van der Waals surface area contributed by atoms with Crippen molar-refractivity contribution in [2.75, 3.05) is 13.2 Å². The van der Waals surface area contributed by atoms with Gasteiger partial charge in [-0.1, -0.05) is 6.92 Å². The van der Waals surface area contributed by atoms with Gasteiger partial charge in [-0.3, -0.25) is 9.59 Å². The molecule has 2 rings (SSSR count). The monoisotopic (exact) mass is 254 g/mol. The molecule has 2 atom stereocenters. The summed E-state index contributed by atoms with van der Waals surface area (Å²) >= 11 is 0. The number of nitrogens with zero attached hydrogens (tertiary/aromatic N) is 1. The van der Waals surface area contributed by atoms with E-state index in [2.05, 4.69) is 5.32 Å². The first-order valence-electron chi connectivity index (χ1n) is 6.57. The van der Waals surface area contributed by atoms with E-state index in [0.717, 1.165) is 6.42 Å². The maximum Gasteiger partial charge on any atom is 0.249 e. The summed E-state index contributed by atoms with van der Waals surface area (Å²) in [4.78, 5) is 26.7. The third-order valence-electron chi connectivity index (χ3n) is 4.22. The molecule has 0 aromatic rings. The minimum atomic E-state index is -0.801. The van der Waals surface area contributed by atoms with Crippen LogP contribution >= 0.6 is 0 Å². The maximum atomic E-state index is 12.7. The summed E-state index contributed by atoms with van der Waals surface area (Å²) in [6.45, 7) is 8.50. The molecule has 5 heteroatoms. The predicted octanol–water partition coefficient (Wildman–Crippen LogP) is 0.681. The van der Waals surface area contributed by atoms with Crippen LogP contribution in [0.2, 0.25) is 0 Å². The van der Waals surface area contributed by atoms with Crippen LogP contribution in [0.5, 0.6) is 0 Å². The Morgan fingerprint density at radius 3 is 2.56 bits per heavy atom. The Labute approximate surface area is 108 Å². The van der Waals surface area contributed by atoms with E-state index in [1.165, 1.54) is 0 Å². The van der Waals surface area contributed by atoms with Gasteiger partial charge in [-0.05, 0) is 33.6 Å². The molecule has 102 valence electrons. The van der Waals surface area contributed by atoms with E-state index in [4.69, 9.17) is 4.74 Å². The molecule has 18 heavy (non-hydrogen) atoms. The average molecular weight is 254 g/mol. The van der Waals surface area contributed by atoms with Gasteiger partial charge < -0.3 is 15.0 Å². The fraction of sp³-hybridized carbons (Fsp3) is 0.846. The molecule has 2 unspecified atom stereocenters. The molecule has 2 saturated heterocycles. The number of hydrogen-bond acceptors (Lipinski definition) is 3. The zero-order chi connectivity index (χ0) is 13.6. The molecule has 0 spiro atoms. The van der Waals surface area contributed by atoms with Crippen molar-refractivity contribution < 1.29 is 14.3 Å². The van der Waals surface area contributed by atoms with Gasteiger partial charge in [0.25, 0.3) is 0 Å². The third kappa shape index (κ3) is 1.81. The molecule has 2 aliphatic rings. The Morgan fingerprint density at radius 1 is 1.39 bits per heavy atom. The Bertz CT molecular complexity index is 374. The van der Waals surface area contributed by atoms with Crippen LogP contribution in [0.15, 0.2) is 0 Å². The van der Waals surface area contributed by atoms with Gasteiger partial charge in [-0.25, -0.2) is 0 Å². The van der Waals surface area contributed by atoms with E-state index in [1.807, 2.05) is 6.92 Å². The van der Waals surface area contributed by atoms with Crippen molar-refractivity contribution >= 4 is 11.8 Å². The topological polar surface area (TPSA) is 58.6 Å². The van der Waals surface area contributed by atoms with Gasteiger partial charge in [-0.2, -0.15) is 0 Å². The lowest BCUT2D eigenvalue weighted by Gasteiger charge is -2.50. The predicted molar refractivity (Wildman–Crippen MR) is 67.0 cm³/mol. The minimum Gasteiger partial charge on any atom is -0.379 e. The first-order chi connectivity index (χ1) is 8.33. The van der Waals surface area contributed by atoms with Gasteiger partial charge in [0, 0.05) is 6.61 Å². The molecule has 0 saturated carbocycles. The average Bonchev–Trinajstić information content (AvgIpc) is 2.80. The minimum absolute atomic E-state index is 0.00472. The normalized spacial score (nSPS) is 35.8. The van der Waals surface area contributed by atoms with Crippen LogP contribution in [0, 0.1) is 0 Å². The Kier molecular flexibility index (Phi) is 3.13.